The summed E-state index contributed by atoms with van der Waals surface area (Å²) in [6, 6.07) is 0.479. The zero-order valence-corrected chi connectivity index (χ0v) is 13.8. The Balaban J connectivity index is 2.43. The largest absolute Gasteiger partial charge is 0.327 e. The third-order valence-corrected chi connectivity index (χ3v) is 5.21. The molecule has 1 rings (SSSR count). The number of hydrogen-bond acceptors (Lipinski definition) is 1. The Labute approximate surface area is 121 Å². The second-order valence-electron chi connectivity index (χ2n) is 7.29. The highest BCUT2D eigenvalue weighted by atomic mass is 14.7. The van der Waals surface area contributed by atoms with Crippen LogP contribution in [0.2, 0.25) is 0 Å². The van der Waals surface area contributed by atoms with Crippen molar-refractivity contribution in [2.24, 2.45) is 29.4 Å². The summed E-state index contributed by atoms with van der Waals surface area (Å²) in [4.78, 5) is 0. The van der Waals surface area contributed by atoms with Crippen molar-refractivity contribution in [2.45, 2.75) is 91.5 Å². The van der Waals surface area contributed by atoms with Gasteiger partial charge in [0.25, 0.3) is 0 Å². The van der Waals surface area contributed by atoms with Crippen molar-refractivity contribution in [1.82, 2.24) is 0 Å². The zero-order valence-electron chi connectivity index (χ0n) is 13.8. The topological polar surface area (TPSA) is 26.0 Å². The minimum Gasteiger partial charge on any atom is -0.327 e. The second-order valence-corrected chi connectivity index (χ2v) is 7.29. The third-order valence-electron chi connectivity index (χ3n) is 5.21. The van der Waals surface area contributed by atoms with E-state index in [1.807, 2.05) is 0 Å². The van der Waals surface area contributed by atoms with E-state index >= 15 is 0 Å². The minimum atomic E-state index is 0.479. The molecule has 0 aliphatic heterocycles. The monoisotopic (exact) mass is 267 g/mol. The molecule has 0 aromatic rings. The predicted octanol–water partition coefficient (Wildman–Crippen LogP) is 5.38. The molecule has 1 aliphatic carbocycles. The van der Waals surface area contributed by atoms with Crippen molar-refractivity contribution in [3.05, 3.63) is 0 Å². The smallest absolute Gasteiger partial charge is 0.00958 e. The van der Waals surface area contributed by atoms with Crippen molar-refractivity contribution < 1.29 is 0 Å². The first-order valence-corrected chi connectivity index (χ1v) is 8.83. The molecule has 1 fully saturated rings. The van der Waals surface area contributed by atoms with Crippen LogP contribution in [0, 0.1) is 23.7 Å². The Morgan fingerprint density at radius 3 is 1.68 bits per heavy atom. The second kappa shape index (κ2) is 9.00. The van der Waals surface area contributed by atoms with Gasteiger partial charge >= 0.3 is 0 Å². The van der Waals surface area contributed by atoms with E-state index < -0.39 is 0 Å². The number of rotatable bonds is 8. The Morgan fingerprint density at radius 1 is 0.895 bits per heavy atom. The van der Waals surface area contributed by atoms with E-state index in [1.54, 1.807) is 0 Å². The average molecular weight is 268 g/mol. The molecule has 4 atom stereocenters. The Hall–Kier alpha value is -0.0400. The molecule has 1 saturated carbocycles. The van der Waals surface area contributed by atoms with Gasteiger partial charge in [-0.05, 0) is 49.4 Å². The highest BCUT2D eigenvalue weighted by Gasteiger charge is 2.31. The van der Waals surface area contributed by atoms with E-state index in [0.29, 0.717) is 6.04 Å². The lowest BCUT2D eigenvalue weighted by atomic mass is 9.71. The lowest BCUT2D eigenvalue weighted by Gasteiger charge is -2.38. The van der Waals surface area contributed by atoms with Gasteiger partial charge in [0.15, 0.2) is 0 Å². The first-order valence-electron chi connectivity index (χ1n) is 8.83. The van der Waals surface area contributed by atoms with Crippen molar-refractivity contribution in [3.63, 3.8) is 0 Å². The molecule has 4 unspecified atom stereocenters. The standard InChI is InChI=1S/C18H37N/c1-5-8-14(3)12-16-10-7-11-17(18(16)19)13-15(4)9-6-2/h14-18H,5-13,19H2,1-4H3. The molecule has 0 aromatic carbocycles. The molecule has 114 valence electrons. The fraction of sp³-hybridized carbons (Fsp3) is 1.00. The molecule has 19 heavy (non-hydrogen) atoms. The van der Waals surface area contributed by atoms with Gasteiger partial charge in [-0.3, -0.25) is 0 Å². The van der Waals surface area contributed by atoms with Crippen LogP contribution in [0.3, 0.4) is 0 Å². The van der Waals surface area contributed by atoms with E-state index in [0.717, 1.165) is 23.7 Å². The Morgan fingerprint density at radius 2 is 1.32 bits per heavy atom. The minimum absolute atomic E-state index is 0.479. The summed E-state index contributed by atoms with van der Waals surface area (Å²) < 4.78 is 0. The average Bonchev–Trinajstić information content (AvgIpc) is 2.35. The maximum atomic E-state index is 6.61. The number of nitrogens with two attached hydrogens (primary N) is 1. The summed E-state index contributed by atoms with van der Waals surface area (Å²) in [7, 11) is 0. The fourth-order valence-corrected chi connectivity index (χ4v) is 4.22. The molecule has 0 amide bonds. The third kappa shape index (κ3) is 5.85. The highest BCUT2D eigenvalue weighted by molar-refractivity contribution is 4.86. The van der Waals surface area contributed by atoms with Crippen LogP contribution in [-0.2, 0) is 0 Å². The highest BCUT2D eigenvalue weighted by Crippen LogP contribution is 2.36. The Kier molecular flexibility index (Phi) is 8.06. The van der Waals surface area contributed by atoms with Crippen LogP contribution in [0.4, 0.5) is 0 Å². The molecule has 1 heteroatoms. The number of hydrogen-bond donors (Lipinski definition) is 1. The van der Waals surface area contributed by atoms with E-state index in [2.05, 4.69) is 27.7 Å². The van der Waals surface area contributed by atoms with Crippen LogP contribution in [0.25, 0.3) is 0 Å². The molecule has 0 aromatic heterocycles. The molecule has 0 spiro atoms. The van der Waals surface area contributed by atoms with Gasteiger partial charge < -0.3 is 5.73 Å². The van der Waals surface area contributed by atoms with Crippen molar-refractivity contribution >= 4 is 0 Å². The van der Waals surface area contributed by atoms with Gasteiger partial charge in [-0.15, -0.1) is 0 Å². The molecule has 1 aliphatic rings. The van der Waals surface area contributed by atoms with Gasteiger partial charge in [0.1, 0.15) is 0 Å². The molecule has 0 bridgehead atoms. The molecule has 2 N–H and O–H groups in total. The molecule has 1 nitrogen and oxygen atoms in total. The molecule has 0 heterocycles. The van der Waals surface area contributed by atoms with Crippen LogP contribution in [0.1, 0.15) is 85.5 Å². The predicted molar refractivity (Wildman–Crippen MR) is 86.2 cm³/mol. The molecular formula is C18H37N. The lowest BCUT2D eigenvalue weighted by molar-refractivity contribution is 0.165. The van der Waals surface area contributed by atoms with Crippen molar-refractivity contribution in [3.8, 4) is 0 Å². The van der Waals surface area contributed by atoms with Crippen molar-refractivity contribution in [1.29, 1.82) is 0 Å². The van der Waals surface area contributed by atoms with Gasteiger partial charge in [-0.1, -0.05) is 59.8 Å². The zero-order chi connectivity index (χ0) is 14.3. The van der Waals surface area contributed by atoms with Crippen molar-refractivity contribution in [2.75, 3.05) is 0 Å². The maximum Gasteiger partial charge on any atom is 0.00958 e. The normalized spacial score (nSPS) is 31.1. The van der Waals surface area contributed by atoms with Gasteiger partial charge in [-0.25, -0.2) is 0 Å². The first kappa shape index (κ1) is 17.0. The quantitative estimate of drug-likeness (QED) is 0.627. The summed E-state index contributed by atoms with van der Waals surface area (Å²) >= 11 is 0. The van der Waals surface area contributed by atoms with Gasteiger partial charge in [0.05, 0.1) is 0 Å². The SMILES string of the molecule is CCCC(C)CC1CCCC(CC(C)CCC)C1N. The summed E-state index contributed by atoms with van der Waals surface area (Å²) in [5.74, 6) is 3.34. The van der Waals surface area contributed by atoms with E-state index in [-0.39, 0.29) is 0 Å². The molecule has 0 radical (unpaired) electrons. The molecular weight excluding hydrogens is 230 g/mol. The van der Waals surface area contributed by atoms with Crippen LogP contribution in [0.15, 0.2) is 0 Å². The van der Waals surface area contributed by atoms with E-state index in [4.69, 9.17) is 5.73 Å². The summed E-state index contributed by atoms with van der Waals surface area (Å²) in [5.41, 5.74) is 6.61. The van der Waals surface area contributed by atoms with Crippen LogP contribution >= 0.6 is 0 Å². The van der Waals surface area contributed by atoms with Gasteiger partial charge in [-0.2, -0.15) is 0 Å². The summed E-state index contributed by atoms with van der Waals surface area (Å²) in [6.07, 6.45) is 12.3. The summed E-state index contributed by atoms with van der Waals surface area (Å²) in [6.45, 7) is 9.43. The Bertz CT molecular complexity index is 204. The van der Waals surface area contributed by atoms with Gasteiger partial charge in [0, 0.05) is 6.04 Å². The van der Waals surface area contributed by atoms with Crippen LogP contribution in [-0.4, -0.2) is 6.04 Å². The fourth-order valence-electron chi connectivity index (χ4n) is 4.22. The van der Waals surface area contributed by atoms with E-state index in [9.17, 15) is 0 Å². The van der Waals surface area contributed by atoms with E-state index in [1.165, 1.54) is 57.8 Å². The molecule has 0 saturated heterocycles. The maximum absolute atomic E-state index is 6.61. The van der Waals surface area contributed by atoms with Crippen LogP contribution in [0.5, 0.6) is 0 Å². The van der Waals surface area contributed by atoms with Gasteiger partial charge in [0.2, 0.25) is 0 Å². The van der Waals surface area contributed by atoms with Crippen LogP contribution < -0.4 is 5.73 Å². The first-order chi connectivity index (χ1) is 9.08. The lowest BCUT2D eigenvalue weighted by Crippen LogP contribution is -2.42. The summed E-state index contributed by atoms with van der Waals surface area (Å²) in [5, 5.41) is 0.